The lowest BCUT2D eigenvalue weighted by Crippen LogP contribution is -2.25. The van der Waals surface area contributed by atoms with Gasteiger partial charge in [0.2, 0.25) is 0 Å². The van der Waals surface area contributed by atoms with Gasteiger partial charge in [-0.25, -0.2) is 9.50 Å². The lowest BCUT2D eigenvalue weighted by molar-refractivity contribution is 0.475. The first kappa shape index (κ1) is 22.0. The van der Waals surface area contributed by atoms with Gasteiger partial charge in [-0.15, -0.1) is 0 Å². The molecule has 4 aromatic rings. The molecule has 0 aliphatic carbocycles. The van der Waals surface area contributed by atoms with Crippen LogP contribution >= 0.6 is 0 Å². The molecule has 34 heavy (non-hydrogen) atoms. The van der Waals surface area contributed by atoms with Crippen molar-refractivity contribution in [3.63, 3.8) is 0 Å². The third-order valence-electron chi connectivity index (χ3n) is 6.33. The number of aromatic nitrogens is 4. The Kier molecular flexibility index (Phi) is 6.18. The van der Waals surface area contributed by atoms with Crippen LogP contribution in [0.15, 0.2) is 55.1 Å². The predicted molar refractivity (Wildman–Crippen MR) is 133 cm³/mol. The number of hydrogen-bond donors (Lipinski definition) is 4. The van der Waals surface area contributed by atoms with E-state index in [0.29, 0.717) is 17.2 Å². The van der Waals surface area contributed by atoms with Gasteiger partial charge in [0.1, 0.15) is 28.8 Å². The molecule has 1 aliphatic rings. The Bertz CT molecular complexity index is 1350. The number of hydrogen-bond acceptors (Lipinski definition) is 7. The van der Waals surface area contributed by atoms with E-state index in [2.05, 4.69) is 32.2 Å². The highest BCUT2D eigenvalue weighted by Crippen LogP contribution is 2.34. The van der Waals surface area contributed by atoms with Crippen LogP contribution in [0.25, 0.3) is 5.52 Å². The van der Waals surface area contributed by atoms with Gasteiger partial charge >= 0.3 is 0 Å². The molecule has 1 unspecified atom stereocenters. The summed E-state index contributed by atoms with van der Waals surface area (Å²) >= 11 is 0. The number of benzene rings is 1. The minimum Gasteiger partial charge on any atom is -0.457 e. The van der Waals surface area contributed by atoms with Crippen molar-refractivity contribution < 1.29 is 4.74 Å². The highest BCUT2D eigenvalue weighted by Gasteiger charge is 2.20. The topological polar surface area (TPSA) is 104 Å². The van der Waals surface area contributed by atoms with Gasteiger partial charge < -0.3 is 20.8 Å². The van der Waals surface area contributed by atoms with Gasteiger partial charge in [0.15, 0.2) is 5.82 Å². The van der Waals surface area contributed by atoms with E-state index in [4.69, 9.17) is 10.1 Å². The Morgan fingerprint density at radius 2 is 2.03 bits per heavy atom. The third kappa shape index (κ3) is 4.47. The molecule has 0 bridgehead atoms. The molecular weight excluding hydrogens is 428 g/mol. The van der Waals surface area contributed by atoms with Crippen LogP contribution in [-0.2, 0) is 0 Å². The Balaban J connectivity index is 1.40. The average Bonchev–Trinajstić information content (AvgIpc) is 3.09. The molecule has 1 saturated heterocycles. The molecule has 0 amide bonds. The molecule has 5 rings (SSSR count). The van der Waals surface area contributed by atoms with Crippen LogP contribution in [0.5, 0.6) is 11.5 Å². The first-order chi connectivity index (χ1) is 16.6. The predicted octanol–water partition coefficient (Wildman–Crippen LogP) is 3.88. The zero-order chi connectivity index (χ0) is 23.5. The van der Waals surface area contributed by atoms with E-state index in [1.807, 2.05) is 41.9 Å². The quantitative estimate of drug-likeness (QED) is 0.350. The molecule has 176 valence electrons. The van der Waals surface area contributed by atoms with E-state index in [9.17, 15) is 0 Å². The fraction of sp³-hybridized carbons (Fsp3) is 0.320. The Labute approximate surface area is 198 Å². The fourth-order valence-corrected chi connectivity index (χ4v) is 4.57. The third-order valence-corrected chi connectivity index (χ3v) is 6.33. The molecule has 3 aromatic heterocycles. The van der Waals surface area contributed by atoms with Crippen LogP contribution in [0.3, 0.4) is 0 Å². The maximum absolute atomic E-state index is 8.04. The highest BCUT2D eigenvalue weighted by atomic mass is 16.5. The molecule has 4 N–H and O–H groups in total. The first-order valence-corrected chi connectivity index (χ1v) is 11.7. The van der Waals surface area contributed by atoms with Crippen LogP contribution in [0.2, 0.25) is 0 Å². The molecule has 9 nitrogen and oxygen atoms in total. The Morgan fingerprint density at radius 3 is 2.85 bits per heavy atom. The van der Waals surface area contributed by atoms with Crippen LogP contribution in [0.1, 0.15) is 36.3 Å². The van der Waals surface area contributed by atoms with E-state index in [1.54, 1.807) is 30.3 Å². The number of pyridine rings is 1. The Hall–Kier alpha value is -3.85. The Morgan fingerprint density at radius 1 is 1.12 bits per heavy atom. The molecule has 1 aromatic carbocycles. The van der Waals surface area contributed by atoms with Gasteiger partial charge in [-0.2, -0.15) is 5.10 Å². The van der Waals surface area contributed by atoms with Crippen LogP contribution < -0.4 is 26.3 Å². The van der Waals surface area contributed by atoms with Crippen molar-refractivity contribution in [1.82, 2.24) is 24.6 Å². The van der Waals surface area contributed by atoms with Crippen LogP contribution in [0.4, 0.5) is 11.5 Å². The molecule has 0 saturated carbocycles. The van der Waals surface area contributed by atoms with E-state index >= 15 is 0 Å². The minimum absolute atomic E-state index is 0.316. The number of nitrogens with one attached hydrogen (secondary N) is 4. The summed E-state index contributed by atoms with van der Waals surface area (Å²) in [5, 5.41) is 19.5. The van der Waals surface area contributed by atoms with Crippen molar-refractivity contribution in [2.24, 2.45) is 0 Å². The van der Waals surface area contributed by atoms with Gasteiger partial charge in [-0.1, -0.05) is 0 Å². The second-order valence-electron chi connectivity index (χ2n) is 8.60. The number of aryl methyl sites for hydroxylation is 1. The summed E-state index contributed by atoms with van der Waals surface area (Å²) in [6, 6.07) is 11.7. The minimum atomic E-state index is 0.316. The number of anilines is 2. The van der Waals surface area contributed by atoms with Gasteiger partial charge in [0, 0.05) is 31.2 Å². The largest absolute Gasteiger partial charge is 0.457 e. The maximum atomic E-state index is 8.04. The van der Waals surface area contributed by atoms with Crippen molar-refractivity contribution in [3.05, 3.63) is 71.7 Å². The average molecular weight is 459 g/mol. The summed E-state index contributed by atoms with van der Waals surface area (Å²) in [5.41, 5.74) is 7.49. The number of fused-ring (bicyclic) bond motifs is 1. The summed E-state index contributed by atoms with van der Waals surface area (Å²) in [6.45, 7) is 4.13. The maximum Gasteiger partial charge on any atom is 0.158 e. The fourth-order valence-electron chi connectivity index (χ4n) is 4.57. The standard InChI is InChI=1S/C25H30N8O/c1-17-14-19(5-6-22(17)34-20-8-12-32(27-2)23(26)15-20)31-25-24-21(9-13-33(24)30-16-29-25)18-4-3-10-28-11-7-18/h5-6,8-9,12-16,18,26-28H,3-4,7,10-11H2,1-2H3,(H,29,30,31). The molecule has 0 spiro atoms. The SMILES string of the molecule is CNn1ccc(Oc2ccc(Nc3ncnn4ccc(C5CCCNCC5)c34)cc2C)cc1=N. The number of rotatable bonds is 6. The van der Waals surface area contributed by atoms with E-state index in [1.165, 1.54) is 18.4 Å². The highest BCUT2D eigenvalue weighted by molar-refractivity contribution is 5.77. The normalized spacial score (nSPS) is 16.2. The summed E-state index contributed by atoms with van der Waals surface area (Å²) in [4.78, 5) is 4.58. The zero-order valence-corrected chi connectivity index (χ0v) is 19.5. The van der Waals surface area contributed by atoms with E-state index < -0.39 is 0 Å². The van der Waals surface area contributed by atoms with Gasteiger partial charge in [-0.05, 0) is 86.7 Å². The van der Waals surface area contributed by atoms with Crippen molar-refractivity contribution in [1.29, 1.82) is 5.41 Å². The molecule has 0 radical (unpaired) electrons. The number of ether oxygens (including phenoxy) is 1. The molecule has 1 fully saturated rings. The van der Waals surface area contributed by atoms with Crippen LogP contribution in [-0.4, -0.2) is 39.4 Å². The summed E-state index contributed by atoms with van der Waals surface area (Å²) in [6.07, 6.45) is 8.84. The summed E-state index contributed by atoms with van der Waals surface area (Å²) < 4.78 is 9.56. The molecule has 1 aliphatic heterocycles. The van der Waals surface area contributed by atoms with E-state index in [0.717, 1.165) is 47.8 Å². The summed E-state index contributed by atoms with van der Waals surface area (Å²) in [7, 11) is 1.77. The van der Waals surface area contributed by atoms with Gasteiger partial charge in [0.05, 0.1) is 0 Å². The second kappa shape index (κ2) is 9.56. The molecule has 9 heteroatoms. The van der Waals surface area contributed by atoms with Crippen molar-refractivity contribution in [3.8, 4) is 11.5 Å². The van der Waals surface area contributed by atoms with Crippen molar-refractivity contribution in [2.75, 3.05) is 30.9 Å². The second-order valence-corrected chi connectivity index (χ2v) is 8.60. The van der Waals surface area contributed by atoms with Crippen molar-refractivity contribution >= 4 is 17.0 Å². The molecule has 4 heterocycles. The lowest BCUT2D eigenvalue weighted by atomic mass is 9.93. The first-order valence-electron chi connectivity index (χ1n) is 11.7. The summed E-state index contributed by atoms with van der Waals surface area (Å²) in [5.74, 6) is 2.67. The lowest BCUT2D eigenvalue weighted by Gasteiger charge is -2.16. The number of nitrogens with zero attached hydrogens (tertiary/aromatic N) is 4. The smallest absolute Gasteiger partial charge is 0.158 e. The van der Waals surface area contributed by atoms with Crippen molar-refractivity contribution in [2.45, 2.75) is 32.1 Å². The molecular formula is C25H30N8O. The van der Waals surface area contributed by atoms with Crippen LogP contribution in [0, 0.1) is 12.3 Å². The van der Waals surface area contributed by atoms with Gasteiger partial charge in [0.25, 0.3) is 0 Å². The molecule has 1 atom stereocenters. The zero-order valence-electron chi connectivity index (χ0n) is 19.5. The van der Waals surface area contributed by atoms with Gasteiger partial charge in [-0.3, -0.25) is 10.1 Å². The van der Waals surface area contributed by atoms with E-state index in [-0.39, 0.29) is 0 Å². The monoisotopic (exact) mass is 458 g/mol.